The van der Waals surface area contributed by atoms with Crippen molar-refractivity contribution in [3.63, 3.8) is 0 Å². The maximum atomic E-state index is 6.23. The van der Waals surface area contributed by atoms with E-state index in [1.807, 2.05) is 0 Å². The zero-order chi connectivity index (χ0) is 14.5. The summed E-state index contributed by atoms with van der Waals surface area (Å²) in [6, 6.07) is 2.10. The molecule has 0 aliphatic heterocycles. The summed E-state index contributed by atoms with van der Waals surface area (Å²) in [6.07, 6.45) is 2.88. The van der Waals surface area contributed by atoms with Crippen LogP contribution >= 0.6 is 11.6 Å². The third-order valence-electron chi connectivity index (χ3n) is 2.93. The van der Waals surface area contributed by atoms with Gasteiger partial charge in [-0.25, -0.2) is 4.98 Å². The molecule has 0 radical (unpaired) electrons. The molecule has 0 atom stereocenters. The van der Waals surface area contributed by atoms with Crippen molar-refractivity contribution >= 4 is 17.4 Å². The second kappa shape index (κ2) is 7.11. The molecule has 4 heteroatoms. The van der Waals surface area contributed by atoms with E-state index >= 15 is 0 Å². The maximum absolute atomic E-state index is 6.23. The fourth-order valence-electron chi connectivity index (χ4n) is 1.84. The molecule has 0 bridgehead atoms. The van der Waals surface area contributed by atoms with Gasteiger partial charge in [0, 0.05) is 31.4 Å². The van der Waals surface area contributed by atoms with Gasteiger partial charge < -0.3 is 10.2 Å². The monoisotopic (exact) mass is 283 g/mol. The fraction of sp³-hybridized carbons (Fsp3) is 0.667. The fourth-order valence-corrected chi connectivity index (χ4v) is 2.01. The SMILES string of the molecule is CCCN(CC)c1cc(CNC(C)(C)C)c(Cl)cn1. The first kappa shape index (κ1) is 16.3. The summed E-state index contributed by atoms with van der Waals surface area (Å²) in [7, 11) is 0. The van der Waals surface area contributed by atoms with E-state index in [4.69, 9.17) is 11.6 Å². The summed E-state index contributed by atoms with van der Waals surface area (Å²) in [5, 5.41) is 4.19. The van der Waals surface area contributed by atoms with Crippen molar-refractivity contribution in [2.45, 2.75) is 53.1 Å². The third-order valence-corrected chi connectivity index (χ3v) is 3.27. The minimum Gasteiger partial charge on any atom is -0.357 e. The van der Waals surface area contributed by atoms with Crippen LogP contribution in [0.15, 0.2) is 12.3 Å². The van der Waals surface area contributed by atoms with Gasteiger partial charge in [0.05, 0.1) is 5.02 Å². The van der Waals surface area contributed by atoms with E-state index in [0.29, 0.717) is 0 Å². The summed E-state index contributed by atoms with van der Waals surface area (Å²) in [5.74, 6) is 1.01. The van der Waals surface area contributed by atoms with E-state index in [0.717, 1.165) is 42.5 Å². The molecular weight excluding hydrogens is 258 g/mol. The Labute approximate surface area is 122 Å². The highest BCUT2D eigenvalue weighted by molar-refractivity contribution is 6.31. The quantitative estimate of drug-likeness (QED) is 0.859. The smallest absolute Gasteiger partial charge is 0.128 e. The standard InChI is InChI=1S/C15H26ClN3/c1-6-8-19(7-2)14-9-12(13(16)11-17-14)10-18-15(3,4)5/h9,11,18H,6-8,10H2,1-5H3. The van der Waals surface area contributed by atoms with Crippen LogP contribution in [0.5, 0.6) is 0 Å². The van der Waals surface area contributed by atoms with Crippen LogP contribution in [0.4, 0.5) is 5.82 Å². The predicted molar refractivity (Wildman–Crippen MR) is 84.0 cm³/mol. The molecule has 0 saturated carbocycles. The molecule has 1 aromatic heterocycles. The molecule has 0 unspecified atom stereocenters. The van der Waals surface area contributed by atoms with Crippen LogP contribution in [0.3, 0.4) is 0 Å². The van der Waals surface area contributed by atoms with Crippen molar-refractivity contribution in [1.82, 2.24) is 10.3 Å². The number of pyridine rings is 1. The van der Waals surface area contributed by atoms with Crippen LogP contribution in [0.2, 0.25) is 5.02 Å². The Morgan fingerprint density at radius 1 is 1.32 bits per heavy atom. The minimum absolute atomic E-state index is 0.0840. The van der Waals surface area contributed by atoms with E-state index in [2.05, 4.69) is 55.9 Å². The van der Waals surface area contributed by atoms with Gasteiger partial charge >= 0.3 is 0 Å². The van der Waals surface area contributed by atoms with Gasteiger partial charge in [0.15, 0.2) is 0 Å². The molecule has 108 valence electrons. The average molecular weight is 284 g/mol. The summed E-state index contributed by atoms with van der Waals surface area (Å²) in [4.78, 5) is 6.71. The molecule has 0 aromatic carbocycles. The van der Waals surface area contributed by atoms with E-state index in [-0.39, 0.29) is 5.54 Å². The predicted octanol–water partition coefficient (Wildman–Crippen LogP) is 3.86. The van der Waals surface area contributed by atoms with E-state index in [9.17, 15) is 0 Å². The van der Waals surface area contributed by atoms with E-state index in [1.54, 1.807) is 6.20 Å². The first-order valence-electron chi connectivity index (χ1n) is 7.01. The molecular formula is C15H26ClN3. The van der Waals surface area contributed by atoms with Gasteiger partial charge in [-0.2, -0.15) is 0 Å². The lowest BCUT2D eigenvalue weighted by molar-refractivity contribution is 0.424. The average Bonchev–Trinajstić information content (AvgIpc) is 2.34. The van der Waals surface area contributed by atoms with Crippen LogP contribution in [0.1, 0.15) is 46.6 Å². The van der Waals surface area contributed by atoms with Gasteiger partial charge in [0.1, 0.15) is 5.82 Å². The van der Waals surface area contributed by atoms with Crippen molar-refractivity contribution < 1.29 is 0 Å². The lowest BCUT2D eigenvalue weighted by atomic mass is 10.1. The second-order valence-corrected chi connectivity index (χ2v) is 6.22. The molecule has 0 amide bonds. The highest BCUT2D eigenvalue weighted by Crippen LogP contribution is 2.21. The molecule has 19 heavy (non-hydrogen) atoms. The lowest BCUT2D eigenvalue weighted by Crippen LogP contribution is -2.35. The Hall–Kier alpha value is -0.800. The van der Waals surface area contributed by atoms with Crippen LogP contribution in [-0.2, 0) is 6.54 Å². The Bertz CT molecular complexity index is 399. The van der Waals surface area contributed by atoms with Crippen LogP contribution in [0.25, 0.3) is 0 Å². The Morgan fingerprint density at radius 2 is 2.00 bits per heavy atom. The second-order valence-electron chi connectivity index (χ2n) is 5.82. The highest BCUT2D eigenvalue weighted by atomic mass is 35.5. The summed E-state index contributed by atoms with van der Waals surface area (Å²) >= 11 is 6.23. The Morgan fingerprint density at radius 3 is 2.53 bits per heavy atom. The lowest BCUT2D eigenvalue weighted by Gasteiger charge is -2.24. The molecule has 1 aromatic rings. The normalized spacial score (nSPS) is 11.7. The number of rotatable bonds is 6. The molecule has 0 aliphatic rings. The first-order valence-corrected chi connectivity index (χ1v) is 7.39. The molecule has 1 rings (SSSR count). The summed E-state index contributed by atoms with van der Waals surface area (Å²) < 4.78 is 0. The Kier molecular flexibility index (Phi) is 6.08. The molecule has 1 heterocycles. The first-order chi connectivity index (χ1) is 8.87. The molecule has 1 N–H and O–H groups in total. The van der Waals surface area contributed by atoms with E-state index < -0.39 is 0 Å². The largest absolute Gasteiger partial charge is 0.357 e. The zero-order valence-corrected chi connectivity index (χ0v) is 13.5. The highest BCUT2D eigenvalue weighted by Gasteiger charge is 2.12. The van der Waals surface area contributed by atoms with Gasteiger partial charge in [-0.15, -0.1) is 0 Å². The maximum Gasteiger partial charge on any atom is 0.128 e. The number of hydrogen-bond donors (Lipinski definition) is 1. The van der Waals surface area contributed by atoms with Crippen molar-refractivity contribution in [3.8, 4) is 0 Å². The Balaban J connectivity index is 2.87. The van der Waals surface area contributed by atoms with Gasteiger partial charge in [-0.3, -0.25) is 0 Å². The van der Waals surface area contributed by atoms with Gasteiger partial charge in [-0.1, -0.05) is 18.5 Å². The summed E-state index contributed by atoms with van der Waals surface area (Å²) in [5.41, 5.74) is 1.19. The number of nitrogens with zero attached hydrogens (tertiary/aromatic N) is 2. The van der Waals surface area contributed by atoms with Crippen LogP contribution < -0.4 is 10.2 Å². The van der Waals surface area contributed by atoms with Crippen LogP contribution in [-0.4, -0.2) is 23.6 Å². The minimum atomic E-state index is 0.0840. The van der Waals surface area contributed by atoms with Gasteiger partial charge in [0.2, 0.25) is 0 Å². The number of anilines is 1. The van der Waals surface area contributed by atoms with Crippen molar-refractivity contribution in [1.29, 1.82) is 0 Å². The molecule has 0 saturated heterocycles. The molecule has 0 fully saturated rings. The number of hydrogen-bond acceptors (Lipinski definition) is 3. The topological polar surface area (TPSA) is 28.2 Å². The zero-order valence-electron chi connectivity index (χ0n) is 12.8. The number of halogens is 1. The third kappa shape index (κ3) is 5.37. The van der Waals surface area contributed by atoms with Gasteiger partial charge in [-0.05, 0) is 45.7 Å². The molecule has 0 aliphatic carbocycles. The van der Waals surface area contributed by atoms with E-state index in [1.165, 1.54) is 0 Å². The van der Waals surface area contributed by atoms with Crippen molar-refractivity contribution in [3.05, 3.63) is 22.8 Å². The molecule has 0 spiro atoms. The summed E-state index contributed by atoms with van der Waals surface area (Å²) in [6.45, 7) is 13.5. The van der Waals surface area contributed by atoms with Crippen LogP contribution in [0, 0.1) is 0 Å². The van der Waals surface area contributed by atoms with Gasteiger partial charge in [0.25, 0.3) is 0 Å². The molecule has 3 nitrogen and oxygen atoms in total. The van der Waals surface area contributed by atoms with Crippen molar-refractivity contribution in [2.24, 2.45) is 0 Å². The van der Waals surface area contributed by atoms with Crippen molar-refractivity contribution in [2.75, 3.05) is 18.0 Å². The number of nitrogens with one attached hydrogen (secondary N) is 1. The number of aromatic nitrogens is 1.